The first-order valence-corrected chi connectivity index (χ1v) is 12.0. The fourth-order valence-electron chi connectivity index (χ4n) is 2.69. The molecule has 0 aromatic rings. The van der Waals surface area contributed by atoms with E-state index in [1.54, 1.807) is 0 Å². The van der Waals surface area contributed by atoms with E-state index in [0.717, 1.165) is 19.4 Å². The normalized spacial score (nSPS) is 12.2. The van der Waals surface area contributed by atoms with Crippen molar-refractivity contribution in [2.24, 2.45) is 5.92 Å². The lowest BCUT2D eigenvalue weighted by molar-refractivity contribution is -0.129. The Kier molecular flexibility index (Phi) is 22.0. The van der Waals surface area contributed by atoms with E-state index in [1.807, 2.05) is 20.8 Å². The minimum absolute atomic E-state index is 0.0878. The number of ether oxygens (including phenoxy) is 5. The van der Waals surface area contributed by atoms with Gasteiger partial charge >= 0.3 is 0 Å². The number of hydrogen-bond acceptors (Lipinski definition) is 7. The Morgan fingerprint density at radius 1 is 0.688 bits per heavy atom. The van der Waals surface area contributed by atoms with Gasteiger partial charge in [-0.15, -0.1) is 0 Å². The molecule has 0 unspecified atom stereocenters. The molecule has 1 atom stereocenters. The summed E-state index contributed by atoms with van der Waals surface area (Å²) in [5, 5.41) is 5.64. The molecule has 0 saturated heterocycles. The Labute approximate surface area is 194 Å². The highest BCUT2D eigenvalue weighted by Gasteiger charge is 2.21. The minimum Gasteiger partial charge on any atom is -0.379 e. The number of hydrogen-bond donors (Lipinski definition) is 2. The molecule has 0 aliphatic rings. The molecular weight excluding hydrogens is 416 g/mol. The van der Waals surface area contributed by atoms with Gasteiger partial charge in [0.2, 0.25) is 11.8 Å². The van der Waals surface area contributed by atoms with Crippen molar-refractivity contribution < 1.29 is 33.3 Å². The molecule has 0 aliphatic heterocycles. The summed E-state index contributed by atoms with van der Waals surface area (Å²) >= 11 is 0. The van der Waals surface area contributed by atoms with E-state index >= 15 is 0 Å². The van der Waals surface area contributed by atoms with E-state index in [1.165, 1.54) is 0 Å². The lowest BCUT2D eigenvalue weighted by Gasteiger charge is -2.20. The second-order valence-electron chi connectivity index (χ2n) is 7.85. The van der Waals surface area contributed by atoms with Gasteiger partial charge in [0.1, 0.15) is 6.04 Å². The fourth-order valence-corrected chi connectivity index (χ4v) is 2.69. The van der Waals surface area contributed by atoms with Crippen molar-refractivity contribution in [3.05, 3.63) is 0 Å². The zero-order valence-electron chi connectivity index (χ0n) is 20.6. The highest BCUT2D eigenvalue weighted by atomic mass is 16.6. The Balaban J connectivity index is 3.55. The summed E-state index contributed by atoms with van der Waals surface area (Å²) in [6, 6.07) is -0.503. The summed E-state index contributed by atoms with van der Waals surface area (Å²) < 4.78 is 27.0. The highest BCUT2D eigenvalue weighted by molar-refractivity contribution is 5.87. The van der Waals surface area contributed by atoms with Crippen molar-refractivity contribution in [2.75, 3.05) is 72.6 Å². The van der Waals surface area contributed by atoms with Crippen LogP contribution >= 0.6 is 0 Å². The molecule has 9 nitrogen and oxygen atoms in total. The van der Waals surface area contributed by atoms with Crippen LogP contribution in [-0.2, 0) is 33.3 Å². The number of carbonyl (C=O) groups excluding carboxylic acids is 2. The molecule has 0 aliphatic carbocycles. The molecule has 0 aromatic heterocycles. The Hall–Kier alpha value is -1.26. The summed E-state index contributed by atoms with van der Waals surface area (Å²) in [7, 11) is 0. The molecule has 2 amide bonds. The van der Waals surface area contributed by atoms with Crippen LogP contribution in [0.5, 0.6) is 0 Å². The lowest BCUT2D eigenvalue weighted by Crippen LogP contribution is -2.48. The average molecular weight is 463 g/mol. The first-order chi connectivity index (χ1) is 15.5. The van der Waals surface area contributed by atoms with Crippen LogP contribution in [0.2, 0.25) is 0 Å². The van der Waals surface area contributed by atoms with Gasteiger partial charge in [0.25, 0.3) is 0 Å². The van der Waals surface area contributed by atoms with Gasteiger partial charge in [-0.3, -0.25) is 9.59 Å². The maximum atomic E-state index is 12.3. The van der Waals surface area contributed by atoms with Crippen LogP contribution in [0.3, 0.4) is 0 Å². The summed E-state index contributed by atoms with van der Waals surface area (Å²) in [5.41, 5.74) is 0. The summed E-state index contributed by atoms with van der Waals surface area (Å²) in [6.45, 7) is 13.8. The Morgan fingerprint density at radius 2 is 1.16 bits per heavy atom. The monoisotopic (exact) mass is 462 g/mol. The molecule has 0 bridgehead atoms. The number of amides is 2. The standard InChI is InChI=1S/C23H46N2O7/c1-5-7-22(26)25-21(19-20(3)4)23(27)24-8-10-29-12-14-31-16-18-32-17-15-30-13-11-28-9-6-2/h20-21H,5-19H2,1-4H3,(H,24,27)(H,25,26)/t21-/m0/s1. The maximum absolute atomic E-state index is 12.3. The second-order valence-corrected chi connectivity index (χ2v) is 7.85. The predicted molar refractivity (Wildman–Crippen MR) is 124 cm³/mol. The van der Waals surface area contributed by atoms with Crippen molar-refractivity contribution in [1.82, 2.24) is 10.6 Å². The summed E-state index contributed by atoms with van der Waals surface area (Å²) in [4.78, 5) is 24.2. The number of carbonyl (C=O) groups is 2. The third kappa shape index (κ3) is 20.6. The molecule has 0 radical (unpaired) electrons. The SMILES string of the molecule is CCCOCCOCCOCCOCCOCCNC(=O)[C@H](CC(C)C)NC(=O)CCC. The van der Waals surface area contributed by atoms with Crippen molar-refractivity contribution >= 4 is 11.8 Å². The number of nitrogens with one attached hydrogen (secondary N) is 2. The van der Waals surface area contributed by atoms with E-state index < -0.39 is 6.04 Å². The third-order valence-corrected chi connectivity index (χ3v) is 4.22. The van der Waals surface area contributed by atoms with Crippen LogP contribution in [0, 0.1) is 5.92 Å². The quantitative estimate of drug-likeness (QED) is 0.224. The summed E-state index contributed by atoms with van der Waals surface area (Å²) in [5.74, 6) is 0.0514. The molecule has 0 aromatic carbocycles. The second kappa shape index (κ2) is 22.9. The predicted octanol–water partition coefficient (Wildman–Crippen LogP) is 1.93. The fraction of sp³-hybridized carbons (Fsp3) is 0.913. The smallest absolute Gasteiger partial charge is 0.242 e. The third-order valence-electron chi connectivity index (χ3n) is 4.22. The van der Waals surface area contributed by atoms with Crippen LogP contribution in [0.1, 0.15) is 53.4 Å². The van der Waals surface area contributed by atoms with Crippen LogP contribution in [0.15, 0.2) is 0 Å². The van der Waals surface area contributed by atoms with Crippen molar-refractivity contribution in [3.8, 4) is 0 Å². The van der Waals surface area contributed by atoms with E-state index in [2.05, 4.69) is 17.6 Å². The molecule has 2 N–H and O–H groups in total. The maximum Gasteiger partial charge on any atom is 0.242 e. The van der Waals surface area contributed by atoms with Gasteiger partial charge < -0.3 is 34.3 Å². The first kappa shape index (κ1) is 30.7. The van der Waals surface area contributed by atoms with Crippen molar-refractivity contribution in [3.63, 3.8) is 0 Å². The molecule has 0 rings (SSSR count). The minimum atomic E-state index is -0.503. The molecule has 0 heterocycles. The lowest BCUT2D eigenvalue weighted by atomic mass is 10.0. The van der Waals surface area contributed by atoms with Gasteiger partial charge in [-0.25, -0.2) is 0 Å². The van der Waals surface area contributed by atoms with Crippen LogP contribution in [0.25, 0.3) is 0 Å². The molecule has 32 heavy (non-hydrogen) atoms. The Bertz CT molecular complexity index is 450. The van der Waals surface area contributed by atoms with Crippen LogP contribution < -0.4 is 10.6 Å². The molecule has 0 spiro atoms. The van der Waals surface area contributed by atoms with Gasteiger partial charge in [0, 0.05) is 19.6 Å². The van der Waals surface area contributed by atoms with Gasteiger partial charge in [0.05, 0.1) is 59.5 Å². The van der Waals surface area contributed by atoms with Crippen LogP contribution in [0.4, 0.5) is 0 Å². The van der Waals surface area contributed by atoms with Crippen LogP contribution in [-0.4, -0.2) is 90.5 Å². The van der Waals surface area contributed by atoms with E-state index in [9.17, 15) is 9.59 Å². The zero-order chi connectivity index (χ0) is 23.9. The van der Waals surface area contributed by atoms with Gasteiger partial charge in [-0.2, -0.15) is 0 Å². The van der Waals surface area contributed by atoms with Gasteiger partial charge in [-0.1, -0.05) is 27.7 Å². The highest BCUT2D eigenvalue weighted by Crippen LogP contribution is 2.05. The van der Waals surface area contributed by atoms with Crippen molar-refractivity contribution in [2.45, 2.75) is 59.4 Å². The van der Waals surface area contributed by atoms with Gasteiger partial charge in [0.15, 0.2) is 0 Å². The zero-order valence-corrected chi connectivity index (χ0v) is 20.6. The molecule has 0 saturated carbocycles. The molecular formula is C23H46N2O7. The first-order valence-electron chi connectivity index (χ1n) is 12.0. The summed E-state index contributed by atoms with van der Waals surface area (Å²) in [6.07, 6.45) is 2.81. The number of rotatable bonds is 23. The average Bonchev–Trinajstić information content (AvgIpc) is 2.75. The largest absolute Gasteiger partial charge is 0.379 e. The molecule has 9 heteroatoms. The van der Waals surface area contributed by atoms with E-state index in [4.69, 9.17) is 23.7 Å². The van der Waals surface area contributed by atoms with E-state index in [0.29, 0.717) is 84.8 Å². The van der Waals surface area contributed by atoms with Gasteiger partial charge in [-0.05, 0) is 25.2 Å². The van der Waals surface area contributed by atoms with Crippen molar-refractivity contribution in [1.29, 1.82) is 0 Å². The van der Waals surface area contributed by atoms with E-state index in [-0.39, 0.29) is 11.8 Å². The molecule has 190 valence electrons. The molecule has 0 fully saturated rings. The topological polar surface area (TPSA) is 104 Å². The Morgan fingerprint density at radius 3 is 1.59 bits per heavy atom.